The van der Waals surface area contributed by atoms with Gasteiger partial charge in [0, 0.05) is 31.3 Å². The van der Waals surface area contributed by atoms with Crippen molar-refractivity contribution in [3.63, 3.8) is 0 Å². The Morgan fingerprint density at radius 1 is 1.24 bits per heavy atom. The molecule has 0 radical (unpaired) electrons. The zero-order chi connectivity index (χ0) is 15.0. The highest BCUT2D eigenvalue weighted by Crippen LogP contribution is 2.47. The van der Waals surface area contributed by atoms with Gasteiger partial charge in [0.1, 0.15) is 5.78 Å². The van der Waals surface area contributed by atoms with Crippen molar-refractivity contribution < 1.29 is 14.3 Å². The Labute approximate surface area is 125 Å². The number of benzene rings is 1. The van der Waals surface area contributed by atoms with E-state index in [1.54, 1.807) is 14.2 Å². The number of carbonyl (C=O) groups is 1. The highest BCUT2D eigenvalue weighted by atomic mass is 16.5. The first-order valence-electron chi connectivity index (χ1n) is 7.26. The van der Waals surface area contributed by atoms with Crippen molar-refractivity contribution in [3.8, 4) is 11.5 Å². The largest absolute Gasteiger partial charge is 0.493 e. The van der Waals surface area contributed by atoms with Gasteiger partial charge in [0.25, 0.3) is 0 Å². The van der Waals surface area contributed by atoms with Crippen molar-refractivity contribution >= 4 is 5.78 Å². The normalized spacial score (nSPS) is 27.7. The van der Waals surface area contributed by atoms with Gasteiger partial charge in [-0.15, -0.1) is 0 Å². The molecule has 0 bridgehead atoms. The minimum Gasteiger partial charge on any atom is -0.493 e. The summed E-state index contributed by atoms with van der Waals surface area (Å²) in [5, 5.41) is 0. The summed E-state index contributed by atoms with van der Waals surface area (Å²) in [6.45, 7) is 0. The number of Topliss-reactive ketones (excluding diaryl/α,β-unsaturated/α-hetero) is 1. The van der Waals surface area contributed by atoms with E-state index in [-0.39, 0.29) is 11.5 Å². The van der Waals surface area contributed by atoms with Crippen LogP contribution in [0.15, 0.2) is 30.5 Å². The van der Waals surface area contributed by atoms with Crippen LogP contribution in [-0.4, -0.2) is 38.0 Å². The molecule has 1 aromatic rings. The fraction of sp³-hybridized carbons (Fsp3) is 0.471. The Kier molecular flexibility index (Phi) is 3.40. The van der Waals surface area contributed by atoms with Gasteiger partial charge in [-0.1, -0.05) is 12.1 Å². The molecule has 1 aliphatic heterocycles. The molecule has 1 aliphatic carbocycles. The van der Waals surface area contributed by atoms with Crippen molar-refractivity contribution in [1.82, 2.24) is 4.90 Å². The molecule has 2 atom stereocenters. The SMILES string of the molecule is COc1ccc([C@]23C=CN(C)[C@H]2CC(=O)CC3)cc1OC. The van der Waals surface area contributed by atoms with E-state index in [1.807, 2.05) is 19.2 Å². The third-order valence-corrected chi connectivity index (χ3v) is 4.85. The maximum Gasteiger partial charge on any atom is 0.161 e. The topological polar surface area (TPSA) is 38.8 Å². The minimum atomic E-state index is -0.0950. The van der Waals surface area contributed by atoms with Gasteiger partial charge in [0.2, 0.25) is 0 Å². The predicted molar refractivity (Wildman–Crippen MR) is 80.8 cm³/mol. The van der Waals surface area contributed by atoms with Gasteiger partial charge in [0.05, 0.1) is 14.2 Å². The first kappa shape index (κ1) is 14.0. The Morgan fingerprint density at radius 3 is 2.71 bits per heavy atom. The number of fused-ring (bicyclic) bond motifs is 1. The zero-order valence-electron chi connectivity index (χ0n) is 12.8. The number of rotatable bonds is 3. The van der Waals surface area contributed by atoms with Crippen LogP contribution in [0.5, 0.6) is 11.5 Å². The lowest BCUT2D eigenvalue weighted by Gasteiger charge is -2.41. The third-order valence-electron chi connectivity index (χ3n) is 4.85. The number of hydrogen-bond acceptors (Lipinski definition) is 4. The molecule has 0 unspecified atom stereocenters. The predicted octanol–water partition coefficient (Wildman–Crippen LogP) is 2.52. The van der Waals surface area contributed by atoms with E-state index < -0.39 is 0 Å². The highest BCUT2D eigenvalue weighted by Gasteiger charge is 2.47. The van der Waals surface area contributed by atoms with Gasteiger partial charge < -0.3 is 14.4 Å². The van der Waals surface area contributed by atoms with Gasteiger partial charge in [-0.05, 0) is 30.3 Å². The molecule has 0 spiro atoms. The quantitative estimate of drug-likeness (QED) is 0.856. The van der Waals surface area contributed by atoms with Crippen molar-refractivity contribution in [2.24, 2.45) is 0 Å². The van der Waals surface area contributed by atoms with Gasteiger partial charge in [-0.2, -0.15) is 0 Å². The van der Waals surface area contributed by atoms with Crippen molar-refractivity contribution in [2.75, 3.05) is 21.3 Å². The fourth-order valence-electron chi connectivity index (χ4n) is 3.63. The average molecular weight is 287 g/mol. The molecule has 0 aromatic heterocycles. The Hall–Kier alpha value is -1.97. The van der Waals surface area contributed by atoms with E-state index in [1.165, 1.54) is 5.56 Å². The van der Waals surface area contributed by atoms with Crippen LogP contribution in [0.4, 0.5) is 0 Å². The summed E-state index contributed by atoms with van der Waals surface area (Å²) in [7, 11) is 5.33. The number of nitrogens with zero attached hydrogens (tertiary/aromatic N) is 1. The monoisotopic (exact) mass is 287 g/mol. The second-order valence-electron chi connectivity index (χ2n) is 5.85. The second kappa shape index (κ2) is 5.10. The molecule has 1 heterocycles. The standard InChI is InChI=1S/C17H21NO3/c1-18-9-8-17(7-6-13(19)11-16(17)18)12-4-5-14(20-2)15(10-12)21-3/h4-5,8-10,16H,6-7,11H2,1-3H3/t16-,17-/m0/s1. The molecular formula is C17H21NO3. The van der Waals surface area contributed by atoms with Gasteiger partial charge >= 0.3 is 0 Å². The van der Waals surface area contributed by atoms with Crippen LogP contribution in [-0.2, 0) is 10.2 Å². The van der Waals surface area contributed by atoms with E-state index in [0.29, 0.717) is 18.6 Å². The summed E-state index contributed by atoms with van der Waals surface area (Å²) in [5.41, 5.74) is 1.10. The maximum absolute atomic E-state index is 11.8. The molecule has 1 fully saturated rings. The third kappa shape index (κ3) is 2.09. The summed E-state index contributed by atoms with van der Waals surface area (Å²) in [6.07, 6.45) is 6.44. The van der Waals surface area contributed by atoms with Crippen molar-refractivity contribution in [3.05, 3.63) is 36.0 Å². The van der Waals surface area contributed by atoms with Gasteiger partial charge in [-0.25, -0.2) is 0 Å². The van der Waals surface area contributed by atoms with Crippen LogP contribution in [0.3, 0.4) is 0 Å². The van der Waals surface area contributed by atoms with E-state index in [9.17, 15) is 4.79 Å². The van der Waals surface area contributed by atoms with Crippen LogP contribution < -0.4 is 9.47 Å². The van der Waals surface area contributed by atoms with Gasteiger partial charge in [-0.3, -0.25) is 4.79 Å². The van der Waals surface area contributed by atoms with Crippen LogP contribution in [0.25, 0.3) is 0 Å². The molecule has 0 amide bonds. The molecular weight excluding hydrogens is 266 g/mol. The molecule has 21 heavy (non-hydrogen) atoms. The number of methoxy groups -OCH3 is 2. The van der Waals surface area contributed by atoms with Crippen molar-refractivity contribution in [2.45, 2.75) is 30.7 Å². The smallest absolute Gasteiger partial charge is 0.161 e. The number of ether oxygens (including phenoxy) is 2. The second-order valence-corrected chi connectivity index (χ2v) is 5.85. The molecule has 2 aliphatic rings. The van der Waals surface area contributed by atoms with Crippen LogP contribution in [0.2, 0.25) is 0 Å². The maximum atomic E-state index is 11.8. The summed E-state index contributed by atoms with van der Waals surface area (Å²) < 4.78 is 10.7. The average Bonchev–Trinajstić information content (AvgIpc) is 2.85. The molecule has 0 N–H and O–H groups in total. The zero-order valence-corrected chi connectivity index (χ0v) is 12.8. The highest BCUT2D eigenvalue weighted by molar-refractivity contribution is 5.81. The summed E-state index contributed by atoms with van der Waals surface area (Å²) in [6, 6.07) is 6.29. The Morgan fingerprint density at radius 2 is 2.00 bits per heavy atom. The van der Waals surface area contributed by atoms with Crippen LogP contribution in [0.1, 0.15) is 24.8 Å². The Balaban J connectivity index is 2.05. The fourth-order valence-corrected chi connectivity index (χ4v) is 3.63. The van der Waals surface area contributed by atoms with E-state index in [4.69, 9.17) is 9.47 Å². The number of likely N-dealkylation sites (N-methyl/N-ethyl adjacent to an activating group) is 1. The van der Waals surface area contributed by atoms with E-state index in [2.05, 4.69) is 23.2 Å². The molecule has 112 valence electrons. The summed E-state index contributed by atoms with van der Waals surface area (Å²) in [4.78, 5) is 14.0. The molecule has 1 aromatic carbocycles. The summed E-state index contributed by atoms with van der Waals surface area (Å²) >= 11 is 0. The number of carbonyl (C=O) groups excluding carboxylic acids is 1. The van der Waals surface area contributed by atoms with Crippen LogP contribution >= 0.6 is 0 Å². The minimum absolute atomic E-state index is 0.0950. The van der Waals surface area contributed by atoms with Crippen LogP contribution in [0, 0.1) is 0 Å². The van der Waals surface area contributed by atoms with Gasteiger partial charge in [0.15, 0.2) is 11.5 Å². The van der Waals surface area contributed by atoms with E-state index >= 15 is 0 Å². The first-order valence-corrected chi connectivity index (χ1v) is 7.26. The lowest BCUT2D eigenvalue weighted by Crippen LogP contribution is -2.46. The summed E-state index contributed by atoms with van der Waals surface area (Å²) in [5.74, 6) is 1.83. The first-order chi connectivity index (χ1) is 10.1. The molecule has 3 rings (SSSR count). The molecule has 0 saturated heterocycles. The molecule has 4 heteroatoms. The molecule has 4 nitrogen and oxygen atoms in total. The lowest BCUT2D eigenvalue weighted by molar-refractivity contribution is -0.122. The van der Waals surface area contributed by atoms with E-state index in [0.717, 1.165) is 17.9 Å². The van der Waals surface area contributed by atoms with Crippen molar-refractivity contribution in [1.29, 1.82) is 0 Å². The molecule has 1 saturated carbocycles. The Bertz CT molecular complexity index is 596. The number of hydrogen-bond donors (Lipinski definition) is 0. The lowest BCUT2D eigenvalue weighted by atomic mass is 9.67. The number of ketones is 1.